The van der Waals surface area contributed by atoms with E-state index in [-0.39, 0.29) is 24.4 Å². The zero-order chi connectivity index (χ0) is 22.1. The number of nitrogens with zero attached hydrogens (tertiary/aromatic N) is 2. The number of amides is 3. The van der Waals surface area contributed by atoms with Crippen LogP contribution < -0.4 is 11.1 Å². The van der Waals surface area contributed by atoms with E-state index >= 15 is 0 Å². The second-order valence-corrected chi connectivity index (χ2v) is 10.8. The Labute approximate surface area is 193 Å². The Balaban J connectivity index is 1.47. The molecule has 2 atom stereocenters. The Bertz CT molecular complexity index is 1080. The molecule has 3 amide bonds. The van der Waals surface area contributed by atoms with E-state index < -0.39 is 29.2 Å². The van der Waals surface area contributed by atoms with Gasteiger partial charge in [0.2, 0.25) is 11.8 Å². The zero-order valence-corrected chi connectivity index (χ0v) is 19.0. The molecular formula is C18H16N4O5S4. The molecule has 2 aliphatic heterocycles. The van der Waals surface area contributed by atoms with E-state index in [0.717, 1.165) is 17.3 Å². The number of carbonyl (C=O) groups excluding carboxylic acids is 3. The van der Waals surface area contributed by atoms with Crippen molar-refractivity contribution in [3.8, 4) is 0 Å². The number of carboxylic acid groups (broad SMARTS) is 1. The lowest BCUT2D eigenvalue weighted by atomic mass is 10.0. The van der Waals surface area contributed by atoms with E-state index in [1.807, 2.05) is 16.8 Å². The Morgan fingerprint density at radius 3 is 2.81 bits per heavy atom. The van der Waals surface area contributed by atoms with Gasteiger partial charge >= 0.3 is 5.97 Å². The van der Waals surface area contributed by atoms with Crippen LogP contribution in [0.1, 0.15) is 11.3 Å². The average molecular weight is 497 g/mol. The SMILES string of the molecule is NC(=O)Cc1csc(SC2=C(C(=O)O)N3C(=O)[C@@H](NC(=O)Cc4ccsc4)[C@H]3SC2)n1. The number of hydrogen-bond donors (Lipinski definition) is 3. The van der Waals surface area contributed by atoms with Crippen LogP contribution in [-0.2, 0) is 32.0 Å². The van der Waals surface area contributed by atoms with Crippen molar-refractivity contribution >= 4 is 69.9 Å². The summed E-state index contributed by atoms with van der Waals surface area (Å²) >= 11 is 5.32. The van der Waals surface area contributed by atoms with Crippen molar-refractivity contribution in [1.29, 1.82) is 0 Å². The fraction of sp³-hybridized carbons (Fsp3) is 0.278. The van der Waals surface area contributed by atoms with E-state index in [1.165, 1.54) is 39.3 Å². The number of β-lactam (4-membered cyclic amide) rings is 1. The van der Waals surface area contributed by atoms with Crippen LogP contribution in [0.3, 0.4) is 0 Å². The van der Waals surface area contributed by atoms with Gasteiger partial charge in [-0.05, 0) is 22.4 Å². The second-order valence-electron chi connectivity index (χ2n) is 6.69. The Kier molecular flexibility index (Phi) is 6.36. The number of aromatic nitrogens is 1. The minimum Gasteiger partial charge on any atom is -0.477 e. The molecule has 0 saturated carbocycles. The maximum absolute atomic E-state index is 12.7. The number of thiophene rings is 1. The molecule has 0 radical (unpaired) electrons. The van der Waals surface area contributed by atoms with Gasteiger partial charge in [-0.2, -0.15) is 11.3 Å². The van der Waals surface area contributed by atoms with Gasteiger partial charge in [0, 0.05) is 16.0 Å². The summed E-state index contributed by atoms with van der Waals surface area (Å²) in [7, 11) is 0. The van der Waals surface area contributed by atoms with Crippen LogP contribution in [0.4, 0.5) is 0 Å². The first-order valence-electron chi connectivity index (χ1n) is 8.95. The van der Waals surface area contributed by atoms with E-state index in [0.29, 0.717) is 20.7 Å². The van der Waals surface area contributed by atoms with Gasteiger partial charge in [0.1, 0.15) is 17.1 Å². The third-order valence-corrected chi connectivity index (χ3v) is 8.76. The molecule has 2 aromatic rings. The van der Waals surface area contributed by atoms with Crippen LogP contribution in [0, 0.1) is 0 Å². The van der Waals surface area contributed by atoms with Crippen molar-refractivity contribution in [2.45, 2.75) is 28.6 Å². The van der Waals surface area contributed by atoms with E-state index in [1.54, 1.807) is 5.38 Å². The van der Waals surface area contributed by atoms with E-state index in [2.05, 4.69) is 10.3 Å². The first-order chi connectivity index (χ1) is 14.8. The Morgan fingerprint density at radius 1 is 1.32 bits per heavy atom. The van der Waals surface area contributed by atoms with Crippen molar-refractivity contribution in [3.05, 3.63) is 44.1 Å². The van der Waals surface area contributed by atoms with Crippen LogP contribution in [0.15, 0.2) is 37.1 Å². The van der Waals surface area contributed by atoms with Gasteiger partial charge in [0.05, 0.1) is 18.5 Å². The van der Waals surface area contributed by atoms with Gasteiger partial charge in [0.15, 0.2) is 4.34 Å². The first-order valence-corrected chi connectivity index (χ1v) is 12.6. The molecule has 4 N–H and O–H groups in total. The molecule has 0 unspecified atom stereocenters. The number of thiazole rings is 1. The topological polar surface area (TPSA) is 143 Å². The number of aliphatic carboxylic acids is 1. The summed E-state index contributed by atoms with van der Waals surface area (Å²) in [5.41, 5.74) is 6.47. The molecule has 31 heavy (non-hydrogen) atoms. The highest BCUT2D eigenvalue weighted by atomic mass is 32.2. The normalized spacial score (nSPS) is 20.3. The molecule has 1 saturated heterocycles. The summed E-state index contributed by atoms with van der Waals surface area (Å²) < 4.78 is 0.567. The number of fused-ring (bicyclic) bond motifs is 1. The Hall–Kier alpha value is -2.35. The first kappa shape index (κ1) is 21.9. The fourth-order valence-corrected chi connectivity index (χ4v) is 7.31. The van der Waals surface area contributed by atoms with Crippen LogP contribution in [0.2, 0.25) is 0 Å². The minimum atomic E-state index is -1.21. The van der Waals surface area contributed by atoms with E-state index in [4.69, 9.17) is 5.73 Å². The minimum absolute atomic E-state index is 0.0100. The number of hydrogen-bond acceptors (Lipinski definition) is 9. The molecule has 13 heteroatoms. The van der Waals surface area contributed by atoms with Gasteiger partial charge in [-0.25, -0.2) is 9.78 Å². The lowest BCUT2D eigenvalue weighted by Crippen LogP contribution is -2.70. The maximum Gasteiger partial charge on any atom is 0.353 e. The van der Waals surface area contributed by atoms with Gasteiger partial charge in [-0.1, -0.05) is 11.8 Å². The summed E-state index contributed by atoms with van der Waals surface area (Å²) in [6.07, 6.45) is 0.182. The molecule has 1 fully saturated rings. The predicted molar refractivity (Wildman–Crippen MR) is 119 cm³/mol. The number of carboxylic acids is 1. The van der Waals surface area contributed by atoms with Crippen molar-refractivity contribution in [1.82, 2.24) is 15.2 Å². The molecule has 9 nitrogen and oxygen atoms in total. The summed E-state index contributed by atoms with van der Waals surface area (Å²) in [6, 6.07) is 1.09. The summed E-state index contributed by atoms with van der Waals surface area (Å²) in [6.45, 7) is 0. The van der Waals surface area contributed by atoms with Crippen molar-refractivity contribution in [2.75, 3.05) is 5.75 Å². The number of nitrogens with two attached hydrogens (primary N) is 1. The summed E-state index contributed by atoms with van der Waals surface area (Å²) in [5, 5.41) is 17.5. The van der Waals surface area contributed by atoms with Crippen LogP contribution in [0.25, 0.3) is 0 Å². The largest absolute Gasteiger partial charge is 0.477 e. The summed E-state index contributed by atoms with van der Waals surface area (Å²) in [4.78, 5) is 54.0. The smallest absolute Gasteiger partial charge is 0.353 e. The summed E-state index contributed by atoms with van der Waals surface area (Å²) in [5.74, 6) is -2.06. The zero-order valence-electron chi connectivity index (χ0n) is 15.8. The van der Waals surface area contributed by atoms with Gasteiger partial charge < -0.3 is 16.2 Å². The molecule has 0 aliphatic carbocycles. The molecule has 0 bridgehead atoms. The maximum atomic E-state index is 12.7. The van der Waals surface area contributed by atoms with Crippen LogP contribution in [0.5, 0.6) is 0 Å². The molecule has 2 aromatic heterocycles. The van der Waals surface area contributed by atoms with Gasteiger partial charge in [-0.3, -0.25) is 19.3 Å². The number of primary amides is 1. The number of thioether (sulfide) groups is 2. The number of rotatable bonds is 8. The highest BCUT2D eigenvalue weighted by molar-refractivity contribution is 8.07. The molecule has 2 aliphatic rings. The number of carbonyl (C=O) groups is 4. The molecule has 0 spiro atoms. The highest BCUT2D eigenvalue weighted by Crippen LogP contribution is 2.45. The van der Waals surface area contributed by atoms with Crippen molar-refractivity contribution in [2.24, 2.45) is 5.73 Å². The second kappa shape index (κ2) is 9.02. The average Bonchev–Trinajstić information content (AvgIpc) is 3.37. The Morgan fingerprint density at radius 2 is 2.13 bits per heavy atom. The van der Waals surface area contributed by atoms with Crippen LogP contribution in [-0.4, -0.2) is 55.8 Å². The fourth-order valence-electron chi connectivity index (χ4n) is 3.17. The van der Waals surface area contributed by atoms with Crippen LogP contribution >= 0.6 is 46.2 Å². The monoisotopic (exact) mass is 496 g/mol. The van der Waals surface area contributed by atoms with Crippen molar-refractivity contribution in [3.63, 3.8) is 0 Å². The number of nitrogens with one attached hydrogen (secondary N) is 1. The quantitative estimate of drug-likeness (QED) is 0.464. The molecular weight excluding hydrogens is 480 g/mol. The van der Waals surface area contributed by atoms with Crippen molar-refractivity contribution < 1.29 is 24.3 Å². The lowest BCUT2D eigenvalue weighted by Gasteiger charge is -2.49. The van der Waals surface area contributed by atoms with E-state index in [9.17, 15) is 24.3 Å². The molecule has 0 aromatic carbocycles. The molecule has 4 rings (SSSR count). The molecule has 4 heterocycles. The predicted octanol–water partition coefficient (Wildman–Crippen LogP) is 1.26. The highest BCUT2D eigenvalue weighted by Gasteiger charge is 2.54. The third kappa shape index (κ3) is 4.63. The van der Waals surface area contributed by atoms with Gasteiger partial charge in [0.25, 0.3) is 5.91 Å². The third-order valence-electron chi connectivity index (χ3n) is 4.49. The van der Waals surface area contributed by atoms with Gasteiger partial charge in [-0.15, -0.1) is 23.1 Å². The standard InChI is InChI=1S/C18H16N4O5S4/c19-11(23)4-9-6-30-18(20-9)31-10-7-29-16-13(15(25)22(16)14(10)17(26)27)21-12(24)3-8-1-2-28-5-8/h1-2,5-6,13,16H,3-4,7H2,(H2,19,23)(H,21,24)(H,26,27)/t13-,16-/m1/s1. The lowest BCUT2D eigenvalue weighted by molar-refractivity contribution is -0.150. The molecule has 162 valence electrons.